The summed E-state index contributed by atoms with van der Waals surface area (Å²) in [6, 6.07) is 16.6. The average molecular weight is 256 g/mol. The molecule has 1 aromatic carbocycles. The van der Waals surface area contributed by atoms with E-state index in [-0.39, 0.29) is 6.04 Å². The molecule has 3 nitrogen and oxygen atoms in total. The Morgan fingerprint density at radius 2 is 1.89 bits per heavy atom. The summed E-state index contributed by atoms with van der Waals surface area (Å²) in [4.78, 5) is 4.46. The van der Waals surface area contributed by atoms with Gasteiger partial charge < -0.3 is 10.1 Å². The molecule has 0 amide bonds. The van der Waals surface area contributed by atoms with Gasteiger partial charge in [-0.15, -0.1) is 0 Å². The molecule has 0 radical (unpaired) electrons. The molecule has 0 unspecified atom stereocenters. The number of hydrogen-bond acceptors (Lipinski definition) is 3. The number of nitrogens with one attached hydrogen (secondary N) is 1. The van der Waals surface area contributed by atoms with E-state index in [9.17, 15) is 0 Å². The summed E-state index contributed by atoms with van der Waals surface area (Å²) < 4.78 is 5.08. The molecule has 1 heterocycles. The Morgan fingerprint density at radius 1 is 1.11 bits per heavy atom. The van der Waals surface area contributed by atoms with Gasteiger partial charge in [0.15, 0.2) is 0 Å². The number of rotatable bonds is 7. The van der Waals surface area contributed by atoms with Gasteiger partial charge in [-0.25, -0.2) is 0 Å². The Hall–Kier alpha value is -1.71. The van der Waals surface area contributed by atoms with Crippen LogP contribution in [-0.4, -0.2) is 25.2 Å². The van der Waals surface area contributed by atoms with Crippen molar-refractivity contribution < 1.29 is 4.74 Å². The lowest BCUT2D eigenvalue weighted by atomic mass is 10.0. The zero-order chi connectivity index (χ0) is 13.3. The molecule has 2 rings (SSSR count). The van der Waals surface area contributed by atoms with E-state index in [1.807, 2.05) is 24.4 Å². The second kappa shape index (κ2) is 7.67. The number of ether oxygens (including phenoxy) is 1. The largest absolute Gasteiger partial charge is 0.385 e. The summed E-state index contributed by atoms with van der Waals surface area (Å²) in [7, 11) is 1.73. The zero-order valence-corrected chi connectivity index (χ0v) is 11.3. The van der Waals surface area contributed by atoms with Crippen molar-refractivity contribution in [2.75, 3.05) is 20.3 Å². The van der Waals surface area contributed by atoms with Gasteiger partial charge in [-0.05, 0) is 30.7 Å². The Bertz CT molecular complexity index is 419. The molecule has 0 spiro atoms. The summed E-state index contributed by atoms with van der Waals surface area (Å²) in [6.07, 6.45) is 2.83. The first-order chi connectivity index (χ1) is 9.42. The summed E-state index contributed by atoms with van der Waals surface area (Å²) in [5.74, 6) is 0. The molecule has 0 aliphatic carbocycles. The highest BCUT2D eigenvalue weighted by Gasteiger charge is 2.13. The fourth-order valence-corrected chi connectivity index (χ4v) is 2.05. The van der Waals surface area contributed by atoms with Crippen LogP contribution < -0.4 is 5.32 Å². The van der Waals surface area contributed by atoms with Crippen LogP contribution in [-0.2, 0) is 4.74 Å². The quantitative estimate of drug-likeness (QED) is 0.773. The van der Waals surface area contributed by atoms with Gasteiger partial charge in [0.05, 0.1) is 11.7 Å². The summed E-state index contributed by atoms with van der Waals surface area (Å²) in [5.41, 5.74) is 2.28. The van der Waals surface area contributed by atoms with Gasteiger partial charge in [-0.1, -0.05) is 36.4 Å². The molecular formula is C16H20N2O. The SMILES string of the molecule is COCCCN[C@@H](c1ccccc1)c1ccccn1. The monoisotopic (exact) mass is 256 g/mol. The third-order valence-electron chi connectivity index (χ3n) is 2.99. The van der Waals surface area contributed by atoms with E-state index in [4.69, 9.17) is 4.74 Å². The maximum atomic E-state index is 5.08. The van der Waals surface area contributed by atoms with Gasteiger partial charge in [0.2, 0.25) is 0 Å². The first-order valence-electron chi connectivity index (χ1n) is 6.60. The van der Waals surface area contributed by atoms with Crippen LogP contribution >= 0.6 is 0 Å². The molecule has 2 aromatic rings. The second-order valence-electron chi connectivity index (χ2n) is 4.40. The smallest absolute Gasteiger partial charge is 0.0751 e. The standard InChI is InChI=1S/C16H20N2O/c1-19-13-7-12-18-16(14-8-3-2-4-9-14)15-10-5-6-11-17-15/h2-6,8-11,16,18H,7,12-13H2,1H3/t16-/m0/s1. The van der Waals surface area contributed by atoms with E-state index in [1.165, 1.54) is 5.56 Å². The first kappa shape index (κ1) is 13.7. The predicted octanol–water partition coefficient (Wildman–Crippen LogP) is 2.80. The van der Waals surface area contributed by atoms with Crippen LogP contribution in [0.3, 0.4) is 0 Å². The zero-order valence-electron chi connectivity index (χ0n) is 11.3. The highest BCUT2D eigenvalue weighted by Crippen LogP contribution is 2.19. The molecule has 3 heteroatoms. The van der Waals surface area contributed by atoms with Crippen LogP contribution in [0.15, 0.2) is 54.7 Å². The van der Waals surface area contributed by atoms with Crippen molar-refractivity contribution in [2.24, 2.45) is 0 Å². The van der Waals surface area contributed by atoms with Crippen LogP contribution in [0, 0.1) is 0 Å². The highest BCUT2D eigenvalue weighted by atomic mass is 16.5. The number of nitrogens with zero attached hydrogens (tertiary/aromatic N) is 1. The van der Waals surface area contributed by atoms with Crippen LogP contribution in [0.4, 0.5) is 0 Å². The Morgan fingerprint density at radius 3 is 2.58 bits per heavy atom. The molecular weight excluding hydrogens is 236 g/mol. The second-order valence-corrected chi connectivity index (χ2v) is 4.40. The minimum atomic E-state index is 0.138. The van der Waals surface area contributed by atoms with Crippen LogP contribution in [0.2, 0.25) is 0 Å². The maximum Gasteiger partial charge on any atom is 0.0751 e. The Kier molecular flexibility index (Phi) is 5.53. The highest BCUT2D eigenvalue weighted by molar-refractivity contribution is 5.27. The number of pyridine rings is 1. The van der Waals surface area contributed by atoms with Crippen LogP contribution in [0.25, 0.3) is 0 Å². The number of benzene rings is 1. The summed E-state index contributed by atoms with van der Waals surface area (Å²) in [5, 5.41) is 3.54. The lowest BCUT2D eigenvalue weighted by molar-refractivity contribution is 0.193. The maximum absolute atomic E-state index is 5.08. The van der Waals surface area contributed by atoms with Crippen molar-refractivity contribution >= 4 is 0 Å². The fraction of sp³-hybridized carbons (Fsp3) is 0.312. The lowest BCUT2D eigenvalue weighted by Gasteiger charge is -2.18. The predicted molar refractivity (Wildman–Crippen MR) is 77.0 cm³/mol. The Balaban J connectivity index is 2.10. The molecule has 0 fully saturated rings. The van der Waals surface area contributed by atoms with Gasteiger partial charge >= 0.3 is 0 Å². The average Bonchev–Trinajstić information content (AvgIpc) is 2.49. The van der Waals surface area contributed by atoms with Crippen LogP contribution in [0.1, 0.15) is 23.7 Å². The number of hydrogen-bond donors (Lipinski definition) is 1. The van der Waals surface area contributed by atoms with Crippen molar-refractivity contribution in [3.8, 4) is 0 Å². The molecule has 0 saturated carbocycles. The molecule has 0 aliphatic rings. The van der Waals surface area contributed by atoms with E-state index in [1.54, 1.807) is 7.11 Å². The van der Waals surface area contributed by atoms with Crippen LogP contribution in [0.5, 0.6) is 0 Å². The van der Waals surface area contributed by atoms with Gasteiger partial charge in [0.25, 0.3) is 0 Å². The van der Waals surface area contributed by atoms with Crippen molar-refractivity contribution in [2.45, 2.75) is 12.5 Å². The molecule has 1 atom stereocenters. The number of aromatic nitrogens is 1. The third-order valence-corrected chi connectivity index (χ3v) is 2.99. The normalized spacial score (nSPS) is 12.3. The minimum Gasteiger partial charge on any atom is -0.385 e. The lowest BCUT2D eigenvalue weighted by Crippen LogP contribution is -2.25. The van der Waals surface area contributed by atoms with Crippen molar-refractivity contribution in [3.63, 3.8) is 0 Å². The van der Waals surface area contributed by atoms with E-state index >= 15 is 0 Å². The van der Waals surface area contributed by atoms with Crippen molar-refractivity contribution in [3.05, 3.63) is 66.0 Å². The molecule has 0 saturated heterocycles. The van der Waals surface area contributed by atoms with Gasteiger partial charge in [-0.3, -0.25) is 4.98 Å². The summed E-state index contributed by atoms with van der Waals surface area (Å²) >= 11 is 0. The van der Waals surface area contributed by atoms with Gasteiger partial charge in [-0.2, -0.15) is 0 Å². The molecule has 1 aromatic heterocycles. The van der Waals surface area contributed by atoms with E-state index in [0.717, 1.165) is 25.3 Å². The van der Waals surface area contributed by atoms with Gasteiger partial charge in [0.1, 0.15) is 0 Å². The van der Waals surface area contributed by atoms with Gasteiger partial charge in [0, 0.05) is 19.9 Å². The minimum absolute atomic E-state index is 0.138. The molecule has 19 heavy (non-hydrogen) atoms. The van der Waals surface area contributed by atoms with E-state index in [0.29, 0.717) is 0 Å². The van der Waals surface area contributed by atoms with Crippen molar-refractivity contribution in [1.29, 1.82) is 0 Å². The molecule has 100 valence electrons. The van der Waals surface area contributed by atoms with Crippen molar-refractivity contribution in [1.82, 2.24) is 10.3 Å². The first-order valence-corrected chi connectivity index (χ1v) is 6.60. The topological polar surface area (TPSA) is 34.1 Å². The number of methoxy groups -OCH3 is 1. The molecule has 0 bridgehead atoms. The fourth-order valence-electron chi connectivity index (χ4n) is 2.05. The van der Waals surface area contributed by atoms with E-state index in [2.05, 4.69) is 40.6 Å². The third kappa shape index (κ3) is 4.16. The molecule has 0 aliphatic heterocycles. The van der Waals surface area contributed by atoms with E-state index < -0.39 is 0 Å². The Labute approximate surface area is 114 Å². The summed E-state index contributed by atoms with van der Waals surface area (Å²) in [6.45, 7) is 1.68. The molecule has 1 N–H and O–H groups in total.